The van der Waals surface area contributed by atoms with Crippen molar-refractivity contribution in [3.05, 3.63) is 39.8 Å². The van der Waals surface area contributed by atoms with Crippen molar-refractivity contribution in [2.75, 3.05) is 6.54 Å². The Morgan fingerprint density at radius 2 is 2.03 bits per heavy atom. The lowest BCUT2D eigenvalue weighted by Gasteiger charge is -2.46. The second-order valence-electron chi connectivity index (χ2n) is 9.11. The van der Waals surface area contributed by atoms with E-state index in [-0.39, 0.29) is 11.7 Å². The number of ether oxygens (including phenoxy) is 1. The van der Waals surface area contributed by atoms with Crippen molar-refractivity contribution in [3.8, 4) is 5.75 Å². The van der Waals surface area contributed by atoms with Gasteiger partial charge in [0, 0.05) is 11.6 Å². The molecule has 0 aliphatic heterocycles. The van der Waals surface area contributed by atoms with Gasteiger partial charge in [-0.05, 0) is 85.9 Å². The molecule has 29 heavy (non-hydrogen) atoms. The van der Waals surface area contributed by atoms with Gasteiger partial charge >= 0.3 is 0 Å². The molecule has 0 bridgehead atoms. The van der Waals surface area contributed by atoms with Crippen LogP contribution in [0, 0.1) is 17.3 Å². The SMILES string of the molecule is CCC1([C@@H](CCN)CC(C)C)CCC(Oc2cc3cc[nH]c(=O)c3cc2Cl)CC1. The zero-order chi connectivity index (χ0) is 21.0. The van der Waals surface area contributed by atoms with Crippen molar-refractivity contribution in [2.24, 2.45) is 23.0 Å². The van der Waals surface area contributed by atoms with Gasteiger partial charge in [0.15, 0.2) is 0 Å². The van der Waals surface area contributed by atoms with Gasteiger partial charge in [0.05, 0.1) is 11.1 Å². The Labute approximate surface area is 179 Å². The van der Waals surface area contributed by atoms with E-state index < -0.39 is 0 Å². The highest BCUT2D eigenvalue weighted by Gasteiger charge is 2.40. The molecule has 0 saturated heterocycles. The van der Waals surface area contributed by atoms with Crippen LogP contribution in [0.3, 0.4) is 0 Å². The van der Waals surface area contributed by atoms with Crippen LogP contribution in [0.15, 0.2) is 29.2 Å². The summed E-state index contributed by atoms with van der Waals surface area (Å²) >= 11 is 6.44. The van der Waals surface area contributed by atoms with E-state index in [1.54, 1.807) is 12.3 Å². The molecule has 1 atom stereocenters. The van der Waals surface area contributed by atoms with Crippen molar-refractivity contribution < 1.29 is 4.74 Å². The van der Waals surface area contributed by atoms with E-state index in [1.165, 1.54) is 25.7 Å². The zero-order valence-corrected chi connectivity index (χ0v) is 18.7. The Morgan fingerprint density at radius 1 is 1.31 bits per heavy atom. The number of rotatable bonds is 8. The molecule has 1 fully saturated rings. The number of nitrogens with two attached hydrogens (primary N) is 1. The van der Waals surface area contributed by atoms with Crippen LogP contribution in [0.4, 0.5) is 0 Å². The summed E-state index contributed by atoms with van der Waals surface area (Å²) in [6, 6.07) is 5.49. The third-order valence-corrected chi connectivity index (χ3v) is 7.18. The van der Waals surface area contributed by atoms with E-state index in [1.807, 2.05) is 12.1 Å². The van der Waals surface area contributed by atoms with Gasteiger partial charge in [-0.2, -0.15) is 0 Å². The lowest BCUT2D eigenvalue weighted by Crippen LogP contribution is -2.39. The molecule has 160 valence electrons. The number of benzene rings is 1. The van der Waals surface area contributed by atoms with Gasteiger partial charge in [0.1, 0.15) is 5.75 Å². The molecule has 1 aliphatic rings. The van der Waals surface area contributed by atoms with Gasteiger partial charge in [-0.15, -0.1) is 0 Å². The Balaban J connectivity index is 1.72. The number of hydrogen-bond acceptors (Lipinski definition) is 3. The molecular formula is C24H35ClN2O2. The first-order chi connectivity index (χ1) is 13.9. The smallest absolute Gasteiger partial charge is 0.255 e. The van der Waals surface area contributed by atoms with E-state index >= 15 is 0 Å². The van der Waals surface area contributed by atoms with Crippen molar-refractivity contribution in [1.82, 2.24) is 4.98 Å². The third kappa shape index (κ3) is 4.97. The van der Waals surface area contributed by atoms with Crippen molar-refractivity contribution >= 4 is 22.4 Å². The molecule has 3 N–H and O–H groups in total. The summed E-state index contributed by atoms with van der Waals surface area (Å²) in [5.41, 5.74) is 6.22. The Bertz CT molecular complexity index is 869. The van der Waals surface area contributed by atoms with E-state index in [2.05, 4.69) is 25.8 Å². The molecule has 0 unspecified atom stereocenters. The zero-order valence-electron chi connectivity index (χ0n) is 18.0. The van der Waals surface area contributed by atoms with Crippen molar-refractivity contribution in [1.29, 1.82) is 0 Å². The first kappa shape index (κ1) is 22.2. The quantitative estimate of drug-likeness (QED) is 0.559. The Morgan fingerprint density at radius 3 is 2.66 bits per heavy atom. The first-order valence-corrected chi connectivity index (χ1v) is 11.4. The predicted molar refractivity (Wildman–Crippen MR) is 122 cm³/mol. The van der Waals surface area contributed by atoms with Crippen molar-refractivity contribution in [2.45, 2.75) is 71.8 Å². The molecule has 3 rings (SSSR count). The topological polar surface area (TPSA) is 68.1 Å². The minimum absolute atomic E-state index is 0.127. The molecule has 0 spiro atoms. The number of fused-ring (bicyclic) bond motifs is 1. The van der Waals surface area contributed by atoms with Gasteiger partial charge < -0.3 is 15.5 Å². The van der Waals surface area contributed by atoms with Gasteiger partial charge in [0.25, 0.3) is 5.56 Å². The van der Waals surface area contributed by atoms with Crippen LogP contribution in [-0.4, -0.2) is 17.6 Å². The van der Waals surface area contributed by atoms with Crippen LogP contribution in [0.5, 0.6) is 5.75 Å². The van der Waals surface area contributed by atoms with Gasteiger partial charge in [-0.25, -0.2) is 0 Å². The maximum atomic E-state index is 12.0. The van der Waals surface area contributed by atoms with Gasteiger partial charge in [-0.3, -0.25) is 4.79 Å². The third-order valence-electron chi connectivity index (χ3n) is 6.89. The summed E-state index contributed by atoms with van der Waals surface area (Å²) in [5.74, 6) is 2.07. The van der Waals surface area contributed by atoms with Crippen LogP contribution >= 0.6 is 11.6 Å². The molecule has 1 aromatic carbocycles. The summed E-state index contributed by atoms with van der Waals surface area (Å²) in [4.78, 5) is 14.7. The average Bonchev–Trinajstić information content (AvgIpc) is 2.69. The maximum Gasteiger partial charge on any atom is 0.255 e. The van der Waals surface area contributed by atoms with Crippen molar-refractivity contribution in [3.63, 3.8) is 0 Å². The van der Waals surface area contributed by atoms with E-state index in [0.29, 0.717) is 33.4 Å². The number of halogens is 1. The molecular weight excluding hydrogens is 384 g/mol. The summed E-state index contributed by atoms with van der Waals surface area (Å²) in [7, 11) is 0. The Kier molecular flexibility index (Phi) is 7.28. The highest BCUT2D eigenvalue weighted by atomic mass is 35.5. The second-order valence-corrected chi connectivity index (χ2v) is 9.52. The summed E-state index contributed by atoms with van der Waals surface area (Å²) in [6.45, 7) is 7.73. The molecule has 1 heterocycles. The molecule has 0 radical (unpaired) electrons. The molecule has 2 aromatic rings. The fraction of sp³-hybridized carbons (Fsp3) is 0.625. The fourth-order valence-corrected chi connectivity index (χ4v) is 5.45. The van der Waals surface area contributed by atoms with Gasteiger partial charge in [0.2, 0.25) is 0 Å². The number of aromatic nitrogens is 1. The monoisotopic (exact) mass is 418 g/mol. The van der Waals surface area contributed by atoms with Crippen LogP contribution in [0.25, 0.3) is 10.8 Å². The number of pyridine rings is 1. The molecule has 1 aliphatic carbocycles. The van der Waals surface area contributed by atoms with Crippen LogP contribution in [0.1, 0.15) is 65.7 Å². The summed E-state index contributed by atoms with van der Waals surface area (Å²) in [5, 5.41) is 1.95. The number of hydrogen-bond donors (Lipinski definition) is 2. The summed E-state index contributed by atoms with van der Waals surface area (Å²) < 4.78 is 6.32. The van der Waals surface area contributed by atoms with Gasteiger partial charge in [-0.1, -0.05) is 38.8 Å². The minimum atomic E-state index is -0.127. The summed E-state index contributed by atoms with van der Waals surface area (Å²) in [6.07, 6.45) is 9.83. The average molecular weight is 419 g/mol. The predicted octanol–water partition coefficient (Wildman–Crippen LogP) is 5.91. The molecule has 1 saturated carbocycles. The maximum absolute atomic E-state index is 12.0. The molecule has 4 nitrogen and oxygen atoms in total. The molecule has 1 aromatic heterocycles. The lowest BCUT2D eigenvalue weighted by molar-refractivity contribution is 0.0212. The highest BCUT2D eigenvalue weighted by molar-refractivity contribution is 6.32. The van der Waals surface area contributed by atoms with Crippen LogP contribution in [-0.2, 0) is 0 Å². The number of nitrogens with one attached hydrogen (secondary N) is 1. The standard InChI is InChI=1S/C24H35ClN2O2/c1-4-24(18(7-11-26)13-16(2)3)9-5-19(6-10-24)29-22-14-17-8-12-27-23(28)20(17)15-21(22)25/h8,12,14-16,18-19H,4-7,9-11,13,26H2,1-3H3,(H,27,28)/t18-,19?,24?/m0/s1. The normalized spacial score (nSPS) is 23.4. The number of aromatic amines is 1. The highest BCUT2D eigenvalue weighted by Crippen LogP contribution is 2.49. The second kappa shape index (κ2) is 9.53. The van der Waals surface area contributed by atoms with E-state index in [9.17, 15) is 4.79 Å². The Hall–Kier alpha value is -1.52. The molecule has 5 heteroatoms. The number of H-pyrrole nitrogens is 1. The minimum Gasteiger partial charge on any atom is -0.489 e. The van der Waals surface area contributed by atoms with E-state index in [4.69, 9.17) is 22.1 Å². The lowest BCUT2D eigenvalue weighted by atomic mass is 9.61. The van der Waals surface area contributed by atoms with Crippen LogP contribution < -0.4 is 16.0 Å². The van der Waals surface area contributed by atoms with Crippen LogP contribution in [0.2, 0.25) is 5.02 Å². The first-order valence-electron chi connectivity index (χ1n) is 11.1. The fourth-order valence-electron chi connectivity index (χ4n) is 5.24. The largest absolute Gasteiger partial charge is 0.489 e. The van der Waals surface area contributed by atoms with E-state index in [0.717, 1.165) is 31.2 Å². The molecule has 0 amide bonds.